The van der Waals surface area contributed by atoms with Crippen molar-refractivity contribution in [2.45, 2.75) is 6.92 Å². The average molecular weight is 447 g/mol. The van der Waals surface area contributed by atoms with E-state index in [2.05, 4.69) is 5.32 Å². The van der Waals surface area contributed by atoms with Crippen LogP contribution in [-0.4, -0.2) is 48.6 Å². The van der Waals surface area contributed by atoms with Gasteiger partial charge in [0.05, 0.1) is 25.5 Å². The van der Waals surface area contributed by atoms with E-state index in [1.807, 2.05) is 0 Å². The lowest BCUT2D eigenvalue weighted by molar-refractivity contribution is -0.138. The van der Waals surface area contributed by atoms with E-state index >= 15 is 0 Å². The van der Waals surface area contributed by atoms with Crippen molar-refractivity contribution in [3.63, 3.8) is 0 Å². The van der Waals surface area contributed by atoms with Gasteiger partial charge in [0.25, 0.3) is 5.91 Å². The molecule has 0 bridgehead atoms. The summed E-state index contributed by atoms with van der Waals surface area (Å²) in [6, 6.07) is 13.6. The zero-order chi connectivity index (χ0) is 21.9. The van der Waals surface area contributed by atoms with E-state index < -0.39 is 19.3 Å². The minimum Gasteiger partial charge on any atom is -0.497 e. The number of anilines is 2. The maximum atomic E-state index is 14.4. The summed E-state index contributed by atoms with van der Waals surface area (Å²) in [4.78, 5) is 25.3. The molecule has 10 heteroatoms. The van der Waals surface area contributed by atoms with Crippen LogP contribution in [0.3, 0.4) is 0 Å². The molecule has 0 fully saturated rings. The fourth-order valence-corrected chi connectivity index (χ4v) is 6.41. The first kappa shape index (κ1) is 21.8. The number of carbonyl (C=O) groups excluding carboxylic acids is 2. The number of amides is 1. The summed E-state index contributed by atoms with van der Waals surface area (Å²) in [5.41, 5.74) is 1.30. The maximum absolute atomic E-state index is 14.4. The SMILES string of the molecule is CCN1C(=O)c2ccccc2N(CC(=O)OC)P1(=O)C(=S)Nc1ccc(OC)cc1. The molecule has 0 radical (unpaired) electrons. The zero-order valence-electron chi connectivity index (χ0n) is 16.8. The van der Waals surface area contributed by atoms with Crippen LogP contribution in [-0.2, 0) is 14.1 Å². The largest absolute Gasteiger partial charge is 0.497 e. The predicted molar refractivity (Wildman–Crippen MR) is 119 cm³/mol. The third-order valence-electron chi connectivity index (χ3n) is 4.71. The van der Waals surface area contributed by atoms with Crippen LogP contribution < -0.4 is 14.7 Å². The molecule has 0 spiro atoms. The Labute approximate surface area is 180 Å². The van der Waals surface area contributed by atoms with Crippen LogP contribution in [0, 0.1) is 0 Å². The number of esters is 1. The van der Waals surface area contributed by atoms with Crippen LogP contribution in [0.1, 0.15) is 17.3 Å². The molecule has 0 saturated carbocycles. The summed E-state index contributed by atoms with van der Waals surface area (Å²) in [7, 11) is -1.05. The lowest BCUT2D eigenvalue weighted by Gasteiger charge is -2.44. The monoisotopic (exact) mass is 447 g/mol. The van der Waals surface area contributed by atoms with E-state index in [1.54, 1.807) is 62.6 Å². The number of para-hydroxylation sites is 1. The molecule has 0 saturated heterocycles. The molecule has 1 unspecified atom stereocenters. The standard InChI is InChI=1S/C20H22N3O5PS/c1-4-22-19(25)16-7-5-6-8-17(16)23(13-18(24)28-3)29(22,26)20(30)21-14-9-11-15(27-2)12-10-14/h5-12H,4,13H2,1-3H3,(H,21,30). The van der Waals surface area contributed by atoms with E-state index in [4.69, 9.17) is 21.7 Å². The van der Waals surface area contributed by atoms with Crippen molar-refractivity contribution in [3.8, 4) is 5.75 Å². The normalized spacial score (nSPS) is 17.9. The molecule has 2 aromatic rings. The van der Waals surface area contributed by atoms with Gasteiger partial charge in [-0.15, -0.1) is 0 Å². The Hall–Kier alpha value is -2.90. The van der Waals surface area contributed by atoms with Crippen LogP contribution >= 0.6 is 19.7 Å². The molecule has 1 aliphatic rings. The number of thiocarbonyl (C=S) groups is 1. The molecular formula is C20H22N3O5PS. The highest BCUT2D eigenvalue weighted by molar-refractivity contribution is 8.01. The summed E-state index contributed by atoms with van der Waals surface area (Å²) in [5, 5.41) is 2.97. The van der Waals surface area contributed by atoms with Gasteiger partial charge in [-0.2, -0.15) is 0 Å². The van der Waals surface area contributed by atoms with E-state index in [9.17, 15) is 14.2 Å². The van der Waals surface area contributed by atoms with Crippen LogP contribution in [0.5, 0.6) is 5.75 Å². The second kappa shape index (κ2) is 8.85. The first-order chi connectivity index (χ1) is 14.4. The molecule has 1 N–H and O–H groups in total. The molecule has 30 heavy (non-hydrogen) atoms. The first-order valence-electron chi connectivity index (χ1n) is 9.18. The van der Waals surface area contributed by atoms with Crippen LogP contribution in [0.25, 0.3) is 0 Å². The van der Waals surface area contributed by atoms with Crippen LogP contribution in [0.2, 0.25) is 0 Å². The molecule has 1 aliphatic heterocycles. The van der Waals surface area contributed by atoms with Crippen molar-refractivity contribution in [1.29, 1.82) is 0 Å². The fraction of sp³-hybridized carbons (Fsp3) is 0.250. The van der Waals surface area contributed by atoms with Crippen LogP contribution in [0.15, 0.2) is 48.5 Å². The molecule has 0 aromatic heterocycles. The third kappa shape index (κ3) is 3.78. The van der Waals surface area contributed by atoms with Crippen molar-refractivity contribution < 1.29 is 23.6 Å². The van der Waals surface area contributed by atoms with Gasteiger partial charge in [-0.05, 0) is 43.3 Å². The smallest absolute Gasteiger partial charge is 0.325 e. The minimum atomic E-state index is -3.86. The summed E-state index contributed by atoms with van der Waals surface area (Å²) in [6.07, 6.45) is 0. The number of hydrogen-bond donors (Lipinski definition) is 1. The molecule has 8 nitrogen and oxygen atoms in total. The average Bonchev–Trinajstić information content (AvgIpc) is 2.77. The third-order valence-corrected chi connectivity index (χ3v) is 8.30. The van der Waals surface area contributed by atoms with Crippen LogP contribution in [0.4, 0.5) is 11.4 Å². The maximum Gasteiger partial charge on any atom is 0.325 e. The number of nitrogens with one attached hydrogen (secondary N) is 1. The molecular weight excluding hydrogens is 425 g/mol. The Morgan fingerprint density at radius 1 is 1.10 bits per heavy atom. The summed E-state index contributed by atoms with van der Waals surface area (Å²) >= 11 is 5.53. The van der Waals surface area contributed by atoms with Gasteiger partial charge in [0.15, 0.2) is 4.73 Å². The van der Waals surface area contributed by atoms with Crippen molar-refractivity contribution in [1.82, 2.24) is 4.67 Å². The van der Waals surface area contributed by atoms with Gasteiger partial charge in [0.1, 0.15) is 12.3 Å². The van der Waals surface area contributed by atoms with E-state index in [0.717, 1.165) is 0 Å². The van der Waals surface area contributed by atoms with Crippen molar-refractivity contribution in [3.05, 3.63) is 54.1 Å². The quantitative estimate of drug-likeness (QED) is 0.407. The Morgan fingerprint density at radius 3 is 2.37 bits per heavy atom. The number of fused-ring (bicyclic) bond motifs is 1. The Bertz CT molecular complexity index is 1030. The second-order valence-corrected chi connectivity index (χ2v) is 9.59. The highest BCUT2D eigenvalue weighted by Gasteiger charge is 2.49. The van der Waals surface area contributed by atoms with Gasteiger partial charge < -0.3 is 14.8 Å². The van der Waals surface area contributed by atoms with Crippen molar-refractivity contribution in [2.75, 3.05) is 37.3 Å². The molecule has 0 aliphatic carbocycles. The minimum absolute atomic E-state index is 0.0544. The first-order valence-corrected chi connectivity index (χ1v) is 11.2. The van der Waals surface area contributed by atoms with Crippen molar-refractivity contribution in [2.24, 2.45) is 0 Å². The van der Waals surface area contributed by atoms with E-state index in [1.165, 1.54) is 16.5 Å². The topological polar surface area (TPSA) is 88.2 Å². The van der Waals surface area contributed by atoms with Crippen molar-refractivity contribution >= 4 is 47.6 Å². The van der Waals surface area contributed by atoms with Gasteiger partial charge in [-0.1, -0.05) is 24.4 Å². The summed E-state index contributed by atoms with van der Waals surface area (Å²) in [5.74, 6) is -0.346. The van der Waals surface area contributed by atoms with Gasteiger partial charge in [-0.25, -0.2) is 0 Å². The number of rotatable bonds is 6. The van der Waals surface area contributed by atoms with E-state index in [-0.39, 0.29) is 17.8 Å². The molecule has 1 atom stereocenters. The predicted octanol–water partition coefficient (Wildman–Crippen LogP) is 3.74. The molecule has 158 valence electrons. The van der Waals surface area contributed by atoms with Gasteiger partial charge in [0.2, 0.25) is 0 Å². The summed E-state index contributed by atoms with van der Waals surface area (Å²) in [6.45, 7) is 1.54. The lowest BCUT2D eigenvalue weighted by atomic mass is 10.1. The number of methoxy groups -OCH3 is 2. The highest BCUT2D eigenvalue weighted by Crippen LogP contribution is 2.60. The highest BCUT2D eigenvalue weighted by atomic mass is 32.1. The Kier molecular flexibility index (Phi) is 6.43. The fourth-order valence-electron chi connectivity index (χ4n) is 3.21. The summed E-state index contributed by atoms with van der Waals surface area (Å²) < 4.78 is 26.9. The Morgan fingerprint density at radius 2 is 1.77 bits per heavy atom. The van der Waals surface area contributed by atoms with Gasteiger partial charge >= 0.3 is 13.4 Å². The lowest BCUT2D eigenvalue weighted by Crippen LogP contribution is -2.46. The Balaban J connectivity index is 2.08. The van der Waals surface area contributed by atoms with Gasteiger partial charge in [0, 0.05) is 12.2 Å². The molecule has 1 amide bonds. The van der Waals surface area contributed by atoms with Gasteiger partial charge in [-0.3, -0.25) is 23.5 Å². The number of carbonyl (C=O) groups is 2. The second-order valence-electron chi connectivity index (χ2n) is 6.37. The number of hydrogen-bond acceptors (Lipinski definition) is 6. The number of nitrogens with zero attached hydrogens (tertiary/aromatic N) is 2. The molecule has 2 aromatic carbocycles. The molecule has 3 rings (SSSR count). The number of ether oxygens (including phenoxy) is 2. The zero-order valence-corrected chi connectivity index (χ0v) is 18.5. The molecule has 1 heterocycles. The van der Waals surface area contributed by atoms with E-state index in [0.29, 0.717) is 22.7 Å². The number of benzene rings is 2.